The van der Waals surface area contributed by atoms with Crippen molar-refractivity contribution < 1.29 is 10.2 Å². The zero-order valence-electron chi connectivity index (χ0n) is 13.7. The Balaban J connectivity index is 2.31. The van der Waals surface area contributed by atoms with Crippen LogP contribution in [0.5, 0.6) is 11.5 Å². The molecule has 23 heavy (non-hydrogen) atoms. The largest absolute Gasteiger partial charge is 0.507 e. The molecule has 118 valence electrons. The fourth-order valence-electron chi connectivity index (χ4n) is 3.33. The van der Waals surface area contributed by atoms with Crippen LogP contribution >= 0.6 is 0 Å². The molecule has 3 heteroatoms. The minimum atomic E-state index is -0.336. The van der Waals surface area contributed by atoms with Crippen LogP contribution in [0.2, 0.25) is 0 Å². The average molecular weight is 307 g/mol. The fraction of sp³-hybridized carbons (Fsp3) is 0.250. The number of para-hydroxylation sites is 1. The van der Waals surface area contributed by atoms with E-state index >= 15 is 0 Å². The van der Waals surface area contributed by atoms with Crippen molar-refractivity contribution in [1.82, 2.24) is 0 Å². The Morgan fingerprint density at radius 3 is 2.48 bits per heavy atom. The number of hydrogen-bond donors (Lipinski definition) is 2. The van der Waals surface area contributed by atoms with Gasteiger partial charge in [-0.2, -0.15) is 0 Å². The van der Waals surface area contributed by atoms with Gasteiger partial charge in [-0.15, -0.1) is 0 Å². The van der Waals surface area contributed by atoms with E-state index in [4.69, 9.17) is 0 Å². The summed E-state index contributed by atoms with van der Waals surface area (Å²) < 4.78 is 0. The summed E-state index contributed by atoms with van der Waals surface area (Å²) in [5.74, 6) is 0.358. The molecule has 2 aromatic carbocycles. The zero-order chi connectivity index (χ0) is 16.8. The molecule has 3 nitrogen and oxygen atoms in total. The molecule has 0 spiro atoms. The van der Waals surface area contributed by atoms with E-state index < -0.39 is 0 Å². The van der Waals surface area contributed by atoms with Crippen molar-refractivity contribution in [2.24, 2.45) is 4.99 Å². The smallest absolute Gasteiger partial charge is 0.141 e. The maximum Gasteiger partial charge on any atom is 0.141 e. The lowest BCUT2D eigenvalue weighted by Crippen LogP contribution is -2.31. The molecule has 0 amide bonds. The first-order valence-electron chi connectivity index (χ1n) is 7.69. The standard InChI is InChI=1S/C20H21NO2/c1-12(2)20(4)11-15(14-7-5-6-8-16(14)22)21-19-17(23)10-9-13(3)18(19)20/h5-10,22-23H,1,11H2,2-4H3/t20-/m1/s1. The topological polar surface area (TPSA) is 52.8 Å². The number of phenolic OH excluding ortho intramolecular Hbond substituents is 2. The highest BCUT2D eigenvalue weighted by Crippen LogP contribution is 2.49. The summed E-state index contributed by atoms with van der Waals surface area (Å²) in [5, 5.41) is 20.5. The molecule has 0 aromatic heterocycles. The van der Waals surface area contributed by atoms with Crippen LogP contribution in [0, 0.1) is 6.92 Å². The number of fused-ring (bicyclic) bond motifs is 1. The first kappa shape index (κ1) is 15.3. The Kier molecular flexibility index (Phi) is 3.52. The molecule has 3 rings (SSSR count). The lowest BCUT2D eigenvalue weighted by atomic mass is 9.68. The third kappa shape index (κ3) is 2.33. The van der Waals surface area contributed by atoms with E-state index in [9.17, 15) is 10.2 Å². The summed E-state index contributed by atoms with van der Waals surface area (Å²) in [6, 6.07) is 10.8. The number of aryl methyl sites for hydroxylation is 1. The SMILES string of the molecule is C=C(C)[C@@]1(C)CC(c2ccccc2O)=Nc2c(O)ccc(C)c21. The van der Waals surface area contributed by atoms with Crippen molar-refractivity contribution in [3.05, 3.63) is 65.2 Å². The van der Waals surface area contributed by atoms with E-state index in [0.717, 1.165) is 22.4 Å². The van der Waals surface area contributed by atoms with Gasteiger partial charge in [-0.25, -0.2) is 4.99 Å². The molecule has 1 atom stereocenters. The Bertz CT molecular complexity index is 836. The summed E-state index contributed by atoms with van der Waals surface area (Å²) in [5.41, 5.74) is 4.83. The van der Waals surface area contributed by atoms with E-state index in [1.807, 2.05) is 32.0 Å². The highest BCUT2D eigenvalue weighted by atomic mass is 16.3. The summed E-state index contributed by atoms with van der Waals surface area (Å²) in [7, 11) is 0. The first-order valence-corrected chi connectivity index (χ1v) is 7.69. The summed E-state index contributed by atoms with van der Waals surface area (Å²) in [4.78, 5) is 4.68. The van der Waals surface area contributed by atoms with Gasteiger partial charge in [0.2, 0.25) is 0 Å². The van der Waals surface area contributed by atoms with Crippen LogP contribution in [0.25, 0.3) is 0 Å². The first-order chi connectivity index (χ1) is 10.8. The maximum absolute atomic E-state index is 10.3. The number of allylic oxidation sites excluding steroid dienone is 1. The Hall–Kier alpha value is -2.55. The number of aromatic hydroxyl groups is 2. The van der Waals surface area contributed by atoms with Gasteiger partial charge in [-0.05, 0) is 43.2 Å². The van der Waals surface area contributed by atoms with Gasteiger partial charge in [0.1, 0.15) is 17.2 Å². The average Bonchev–Trinajstić information content (AvgIpc) is 2.51. The van der Waals surface area contributed by atoms with E-state index in [1.165, 1.54) is 0 Å². The summed E-state index contributed by atoms with van der Waals surface area (Å²) >= 11 is 0. The number of phenols is 2. The predicted molar refractivity (Wildman–Crippen MR) is 93.9 cm³/mol. The molecular weight excluding hydrogens is 286 g/mol. The van der Waals surface area contributed by atoms with E-state index in [1.54, 1.807) is 18.2 Å². The predicted octanol–water partition coefficient (Wildman–Crippen LogP) is 4.76. The van der Waals surface area contributed by atoms with Gasteiger partial charge in [0, 0.05) is 17.4 Å². The van der Waals surface area contributed by atoms with Crippen molar-refractivity contribution >= 4 is 11.4 Å². The molecule has 0 saturated heterocycles. The lowest BCUT2D eigenvalue weighted by Gasteiger charge is -2.37. The van der Waals surface area contributed by atoms with Gasteiger partial charge in [-0.3, -0.25) is 0 Å². The van der Waals surface area contributed by atoms with Gasteiger partial charge >= 0.3 is 0 Å². The highest BCUT2D eigenvalue weighted by molar-refractivity contribution is 6.07. The molecule has 0 unspecified atom stereocenters. The zero-order valence-corrected chi connectivity index (χ0v) is 13.7. The normalized spacial score (nSPS) is 19.9. The van der Waals surface area contributed by atoms with E-state index in [-0.39, 0.29) is 16.9 Å². The number of nitrogens with zero attached hydrogens (tertiary/aromatic N) is 1. The van der Waals surface area contributed by atoms with Crippen molar-refractivity contribution in [2.75, 3.05) is 0 Å². The maximum atomic E-state index is 10.3. The molecule has 0 radical (unpaired) electrons. The van der Waals surface area contributed by atoms with Gasteiger partial charge in [0.05, 0.1) is 5.71 Å². The number of hydrogen-bond acceptors (Lipinski definition) is 3. The second-order valence-corrected chi connectivity index (χ2v) is 6.49. The molecule has 2 aromatic rings. The van der Waals surface area contributed by atoms with Crippen molar-refractivity contribution in [1.29, 1.82) is 0 Å². The molecule has 1 aliphatic heterocycles. The molecule has 0 fully saturated rings. The molecular formula is C20H21NO2. The van der Waals surface area contributed by atoms with Crippen LogP contribution in [0.1, 0.15) is 37.0 Å². The Morgan fingerprint density at radius 1 is 1.13 bits per heavy atom. The number of benzene rings is 2. The second-order valence-electron chi connectivity index (χ2n) is 6.49. The van der Waals surface area contributed by atoms with Crippen LogP contribution in [0.15, 0.2) is 53.5 Å². The third-order valence-corrected chi connectivity index (χ3v) is 4.84. The van der Waals surface area contributed by atoms with Crippen molar-refractivity contribution in [3.63, 3.8) is 0 Å². The van der Waals surface area contributed by atoms with Crippen LogP contribution in [0.4, 0.5) is 5.69 Å². The van der Waals surface area contributed by atoms with Gasteiger partial charge in [-0.1, -0.05) is 37.3 Å². The molecule has 0 bridgehead atoms. The fourth-order valence-corrected chi connectivity index (χ4v) is 3.33. The lowest BCUT2D eigenvalue weighted by molar-refractivity contribution is 0.468. The van der Waals surface area contributed by atoms with Gasteiger partial charge < -0.3 is 10.2 Å². The van der Waals surface area contributed by atoms with Crippen LogP contribution in [0.3, 0.4) is 0 Å². The van der Waals surface area contributed by atoms with Crippen LogP contribution in [-0.4, -0.2) is 15.9 Å². The molecule has 1 heterocycles. The summed E-state index contributed by atoms with van der Waals surface area (Å²) in [6.07, 6.45) is 0.636. The Morgan fingerprint density at radius 2 is 1.83 bits per heavy atom. The molecule has 0 saturated carbocycles. The number of aliphatic imine (C=N–C) groups is 1. The quantitative estimate of drug-likeness (QED) is 0.786. The minimum absolute atomic E-state index is 0.158. The van der Waals surface area contributed by atoms with Crippen LogP contribution in [-0.2, 0) is 5.41 Å². The Labute approximate surface area is 136 Å². The number of rotatable bonds is 2. The second kappa shape index (κ2) is 5.27. The highest BCUT2D eigenvalue weighted by Gasteiger charge is 2.38. The van der Waals surface area contributed by atoms with Crippen LogP contribution < -0.4 is 0 Å². The third-order valence-electron chi connectivity index (χ3n) is 4.84. The van der Waals surface area contributed by atoms with Crippen molar-refractivity contribution in [3.8, 4) is 11.5 Å². The molecule has 0 aliphatic carbocycles. The van der Waals surface area contributed by atoms with Gasteiger partial charge in [0.25, 0.3) is 0 Å². The van der Waals surface area contributed by atoms with E-state index in [2.05, 4.69) is 18.5 Å². The van der Waals surface area contributed by atoms with E-state index in [0.29, 0.717) is 17.7 Å². The molecule has 2 N–H and O–H groups in total. The minimum Gasteiger partial charge on any atom is -0.507 e. The van der Waals surface area contributed by atoms with Crippen molar-refractivity contribution in [2.45, 2.75) is 32.6 Å². The molecule has 1 aliphatic rings. The van der Waals surface area contributed by atoms with Gasteiger partial charge in [0.15, 0.2) is 0 Å². The summed E-state index contributed by atoms with van der Waals surface area (Å²) in [6.45, 7) is 10.3. The monoisotopic (exact) mass is 307 g/mol.